The minimum absolute atomic E-state index is 0.00765. The fourth-order valence-electron chi connectivity index (χ4n) is 3.19. The first-order chi connectivity index (χ1) is 12.8. The van der Waals surface area contributed by atoms with Crippen LogP contribution in [0.4, 0.5) is 5.69 Å². The molecular weight excluding hydrogens is 408 g/mol. The molecular formula is C21H23BrN2O3. The Bertz CT molecular complexity index is 852. The Morgan fingerprint density at radius 3 is 2.59 bits per heavy atom. The van der Waals surface area contributed by atoms with Crippen LogP contribution in [0.5, 0.6) is 0 Å². The molecule has 0 unspecified atom stereocenters. The third kappa shape index (κ3) is 4.39. The zero-order valence-electron chi connectivity index (χ0n) is 15.7. The number of amides is 1. The number of hydroxylamine groups is 2. The summed E-state index contributed by atoms with van der Waals surface area (Å²) < 4.78 is 0.881. The summed E-state index contributed by atoms with van der Waals surface area (Å²) in [5, 5.41) is 4.68. The molecule has 0 saturated heterocycles. The number of halogens is 1. The highest BCUT2D eigenvalue weighted by Gasteiger charge is 2.42. The van der Waals surface area contributed by atoms with E-state index in [4.69, 9.17) is 4.84 Å². The molecule has 1 atom stereocenters. The molecule has 0 bridgehead atoms. The van der Waals surface area contributed by atoms with E-state index in [0.717, 1.165) is 21.3 Å². The number of rotatable bonds is 5. The lowest BCUT2D eigenvalue weighted by atomic mass is 10.00. The van der Waals surface area contributed by atoms with E-state index in [1.54, 1.807) is 0 Å². The van der Waals surface area contributed by atoms with Gasteiger partial charge in [0.2, 0.25) is 0 Å². The number of fused-ring (bicyclic) bond motifs is 1. The van der Waals surface area contributed by atoms with Crippen molar-refractivity contribution in [1.29, 1.82) is 0 Å². The standard InChI is InChI=1S/C21H23BrN2O3/c1-14(25)11-19-17-12-16(22)9-10-18(17)23-21(2,3)20(26)24(19)27-13-15-7-5-4-6-8-15/h4-10,12,19,23H,11,13H2,1-3H3/t19-/m1/s1. The van der Waals surface area contributed by atoms with Crippen LogP contribution < -0.4 is 5.32 Å². The first-order valence-electron chi connectivity index (χ1n) is 8.85. The van der Waals surface area contributed by atoms with Gasteiger partial charge in [0.05, 0.1) is 6.04 Å². The molecule has 0 fully saturated rings. The van der Waals surface area contributed by atoms with Gasteiger partial charge in [-0.05, 0) is 44.5 Å². The number of ketones is 1. The van der Waals surface area contributed by atoms with Crippen LogP contribution in [-0.4, -0.2) is 22.3 Å². The number of anilines is 1. The topological polar surface area (TPSA) is 58.6 Å². The molecule has 1 aliphatic rings. The normalized spacial score (nSPS) is 18.4. The Labute approximate surface area is 167 Å². The molecule has 3 rings (SSSR count). The number of carbonyl (C=O) groups excluding carboxylic acids is 2. The SMILES string of the molecule is CC(=O)C[C@@H]1c2cc(Br)ccc2NC(C)(C)C(=O)N1OCc1ccccc1. The van der Waals surface area contributed by atoms with Crippen LogP contribution in [0.25, 0.3) is 0 Å². The van der Waals surface area contributed by atoms with Crippen molar-refractivity contribution in [3.8, 4) is 0 Å². The average molecular weight is 431 g/mol. The van der Waals surface area contributed by atoms with Crippen molar-refractivity contribution in [1.82, 2.24) is 5.06 Å². The predicted octanol–water partition coefficient (Wildman–Crippen LogP) is 4.63. The average Bonchev–Trinajstić information content (AvgIpc) is 2.69. The molecule has 27 heavy (non-hydrogen) atoms. The highest BCUT2D eigenvalue weighted by Crippen LogP contribution is 2.39. The van der Waals surface area contributed by atoms with Gasteiger partial charge in [0.15, 0.2) is 0 Å². The van der Waals surface area contributed by atoms with E-state index < -0.39 is 11.6 Å². The van der Waals surface area contributed by atoms with Crippen molar-refractivity contribution < 1.29 is 14.4 Å². The van der Waals surface area contributed by atoms with Gasteiger partial charge in [-0.3, -0.25) is 14.4 Å². The zero-order chi connectivity index (χ0) is 19.6. The highest BCUT2D eigenvalue weighted by atomic mass is 79.9. The van der Waals surface area contributed by atoms with Gasteiger partial charge in [0.1, 0.15) is 17.9 Å². The second-order valence-electron chi connectivity index (χ2n) is 7.29. The molecule has 0 saturated carbocycles. The summed E-state index contributed by atoms with van der Waals surface area (Å²) in [6.07, 6.45) is 0.182. The van der Waals surface area contributed by atoms with E-state index in [0.29, 0.717) is 0 Å². The monoisotopic (exact) mass is 430 g/mol. The third-order valence-electron chi connectivity index (χ3n) is 4.53. The van der Waals surface area contributed by atoms with Gasteiger partial charge in [-0.2, -0.15) is 0 Å². The molecule has 1 N–H and O–H groups in total. The van der Waals surface area contributed by atoms with Crippen LogP contribution in [-0.2, 0) is 21.0 Å². The van der Waals surface area contributed by atoms with Gasteiger partial charge >= 0.3 is 0 Å². The van der Waals surface area contributed by atoms with Crippen LogP contribution in [0.1, 0.15) is 44.4 Å². The van der Waals surface area contributed by atoms with Crippen molar-refractivity contribution in [2.75, 3.05) is 5.32 Å². The van der Waals surface area contributed by atoms with Gasteiger partial charge in [0.25, 0.3) is 5.91 Å². The molecule has 0 radical (unpaired) electrons. The van der Waals surface area contributed by atoms with Crippen LogP contribution >= 0.6 is 15.9 Å². The Hall–Kier alpha value is -2.18. The van der Waals surface area contributed by atoms with E-state index in [1.165, 1.54) is 12.0 Å². The van der Waals surface area contributed by atoms with E-state index in [1.807, 2.05) is 62.4 Å². The summed E-state index contributed by atoms with van der Waals surface area (Å²) in [6, 6.07) is 14.9. The Morgan fingerprint density at radius 2 is 1.93 bits per heavy atom. The lowest BCUT2D eigenvalue weighted by Crippen LogP contribution is -2.49. The zero-order valence-corrected chi connectivity index (χ0v) is 17.2. The van der Waals surface area contributed by atoms with Gasteiger partial charge < -0.3 is 5.32 Å². The van der Waals surface area contributed by atoms with Gasteiger partial charge in [-0.15, -0.1) is 0 Å². The number of hydrogen-bond donors (Lipinski definition) is 1. The third-order valence-corrected chi connectivity index (χ3v) is 5.02. The van der Waals surface area contributed by atoms with Crippen LogP contribution in [0.15, 0.2) is 53.0 Å². The van der Waals surface area contributed by atoms with Gasteiger partial charge in [-0.1, -0.05) is 46.3 Å². The maximum atomic E-state index is 13.2. The maximum Gasteiger partial charge on any atom is 0.271 e. The second-order valence-corrected chi connectivity index (χ2v) is 8.21. The number of Topliss-reactive ketones (excluding diaryl/α,β-unsaturated/α-hetero) is 1. The first-order valence-corrected chi connectivity index (χ1v) is 9.65. The number of nitrogens with zero attached hydrogens (tertiary/aromatic N) is 1. The molecule has 6 heteroatoms. The smallest absolute Gasteiger partial charge is 0.271 e. The number of hydrogen-bond acceptors (Lipinski definition) is 4. The lowest BCUT2D eigenvalue weighted by molar-refractivity contribution is -0.210. The van der Waals surface area contributed by atoms with E-state index in [2.05, 4.69) is 21.2 Å². The van der Waals surface area contributed by atoms with Crippen molar-refractivity contribution in [2.24, 2.45) is 0 Å². The summed E-state index contributed by atoms with van der Waals surface area (Å²) in [7, 11) is 0. The summed E-state index contributed by atoms with van der Waals surface area (Å²) in [6.45, 7) is 5.41. The predicted molar refractivity (Wildman–Crippen MR) is 108 cm³/mol. The lowest BCUT2D eigenvalue weighted by Gasteiger charge is -2.32. The molecule has 2 aromatic rings. The fourth-order valence-corrected chi connectivity index (χ4v) is 3.57. The van der Waals surface area contributed by atoms with Crippen molar-refractivity contribution >= 4 is 33.3 Å². The largest absolute Gasteiger partial charge is 0.371 e. The summed E-state index contributed by atoms with van der Waals surface area (Å²) in [4.78, 5) is 31.2. The highest BCUT2D eigenvalue weighted by molar-refractivity contribution is 9.10. The van der Waals surface area contributed by atoms with Crippen LogP contribution in [0.2, 0.25) is 0 Å². The van der Waals surface area contributed by atoms with Crippen molar-refractivity contribution in [2.45, 2.75) is 45.4 Å². The van der Waals surface area contributed by atoms with E-state index >= 15 is 0 Å². The molecule has 2 aromatic carbocycles. The van der Waals surface area contributed by atoms with Gasteiger partial charge in [0, 0.05) is 22.1 Å². The minimum atomic E-state index is -0.870. The number of benzene rings is 2. The van der Waals surface area contributed by atoms with Crippen LogP contribution in [0.3, 0.4) is 0 Å². The fraction of sp³-hybridized carbons (Fsp3) is 0.333. The molecule has 1 amide bonds. The first kappa shape index (κ1) is 19.6. The summed E-state index contributed by atoms with van der Waals surface area (Å²) >= 11 is 3.49. The molecule has 1 heterocycles. The number of nitrogens with one attached hydrogen (secondary N) is 1. The summed E-state index contributed by atoms with van der Waals surface area (Å²) in [5.74, 6) is -0.219. The summed E-state index contributed by atoms with van der Waals surface area (Å²) in [5.41, 5.74) is 1.77. The molecule has 0 aromatic heterocycles. The second kappa shape index (κ2) is 7.82. The quantitative estimate of drug-likeness (QED) is 0.750. The molecule has 0 spiro atoms. The van der Waals surface area contributed by atoms with E-state index in [-0.39, 0.29) is 24.7 Å². The minimum Gasteiger partial charge on any atom is -0.371 e. The Balaban J connectivity index is 2.02. The molecule has 5 nitrogen and oxygen atoms in total. The number of carbonyl (C=O) groups is 2. The molecule has 1 aliphatic heterocycles. The molecule has 0 aliphatic carbocycles. The van der Waals surface area contributed by atoms with Crippen molar-refractivity contribution in [3.05, 3.63) is 64.1 Å². The maximum absolute atomic E-state index is 13.2. The Kier molecular flexibility index (Phi) is 5.67. The van der Waals surface area contributed by atoms with E-state index in [9.17, 15) is 9.59 Å². The van der Waals surface area contributed by atoms with Crippen LogP contribution in [0, 0.1) is 0 Å². The Morgan fingerprint density at radius 1 is 1.22 bits per heavy atom. The molecule has 142 valence electrons. The van der Waals surface area contributed by atoms with Gasteiger partial charge in [-0.25, -0.2) is 5.06 Å². The van der Waals surface area contributed by atoms with Crippen molar-refractivity contribution in [3.63, 3.8) is 0 Å².